The molecule has 0 aliphatic carbocycles. The Morgan fingerprint density at radius 2 is 1.74 bits per heavy atom. The van der Waals surface area contributed by atoms with Gasteiger partial charge in [0.1, 0.15) is 11.5 Å². The van der Waals surface area contributed by atoms with Crippen molar-refractivity contribution >= 4 is 40.8 Å². The number of aromatic carboxylic acids is 1. The molecule has 120 valence electrons. The van der Waals surface area contributed by atoms with Crippen LogP contribution in [0.25, 0.3) is 0 Å². The number of rotatable bonds is 5. The minimum absolute atomic E-state index is 0.0491. The molecule has 0 saturated heterocycles. The number of amides is 1. The van der Waals surface area contributed by atoms with Crippen LogP contribution in [0.15, 0.2) is 36.4 Å². The Bertz CT molecular complexity index is 743. The zero-order valence-electron chi connectivity index (χ0n) is 11.5. The van der Waals surface area contributed by atoms with Gasteiger partial charge in [-0.3, -0.25) is 4.79 Å². The van der Waals surface area contributed by atoms with Crippen molar-refractivity contribution in [1.29, 1.82) is 0 Å². The van der Waals surface area contributed by atoms with Gasteiger partial charge in [0.25, 0.3) is 5.91 Å². The number of carbonyl (C=O) groups is 2. The molecular weight excluding hydrogens is 345 g/mol. The van der Waals surface area contributed by atoms with Crippen LogP contribution in [0.4, 0.5) is 5.69 Å². The van der Waals surface area contributed by atoms with Gasteiger partial charge in [-0.15, -0.1) is 0 Å². The molecule has 2 rings (SSSR count). The lowest BCUT2D eigenvalue weighted by Crippen LogP contribution is -2.21. The summed E-state index contributed by atoms with van der Waals surface area (Å²) in [6.07, 6.45) is 0. The molecule has 8 heteroatoms. The van der Waals surface area contributed by atoms with Gasteiger partial charge in [-0.25, -0.2) is 4.79 Å². The van der Waals surface area contributed by atoms with Crippen molar-refractivity contribution in [3.63, 3.8) is 0 Å². The first-order chi connectivity index (χ1) is 10.8. The van der Waals surface area contributed by atoms with Gasteiger partial charge in [-0.2, -0.15) is 0 Å². The highest BCUT2D eigenvalue weighted by Gasteiger charge is 2.14. The summed E-state index contributed by atoms with van der Waals surface area (Å²) in [4.78, 5) is 22.9. The zero-order valence-corrected chi connectivity index (χ0v) is 13.1. The van der Waals surface area contributed by atoms with E-state index in [0.717, 1.165) is 6.07 Å². The molecule has 0 spiro atoms. The minimum Gasteiger partial charge on any atom is -0.508 e. The number of benzene rings is 2. The molecule has 6 nitrogen and oxygen atoms in total. The number of anilines is 1. The van der Waals surface area contributed by atoms with Crippen LogP contribution in [-0.2, 0) is 4.79 Å². The second-order valence-corrected chi connectivity index (χ2v) is 5.35. The van der Waals surface area contributed by atoms with Crippen LogP contribution in [-0.4, -0.2) is 28.7 Å². The predicted molar refractivity (Wildman–Crippen MR) is 85.7 cm³/mol. The largest absolute Gasteiger partial charge is 0.508 e. The maximum atomic E-state index is 11.9. The molecule has 0 aliphatic rings. The molecule has 0 saturated carbocycles. The Kier molecular flexibility index (Phi) is 5.31. The summed E-state index contributed by atoms with van der Waals surface area (Å²) in [6, 6.07) is 8.08. The molecule has 0 heterocycles. The maximum absolute atomic E-state index is 11.9. The Labute approximate surface area is 141 Å². The number of aromatic hydroxyl groups is 1. The SMILES string of the molecule is O=C(COc1cc(Cl)cc(Cl)c1)Nc1ccc(O)cc1C(=O)O. The quantitative estimate of drug-likeness (QED) is 0.714. The van der Waals surface area contributed by atoms with E-state index in [9.17, 15) is 14.7 Å². The van der Waals surface area contributed by atoms with Gasteiger partial charge < -0.3 is 20.3 Å². The molecule has 3 N–H and O–H groups in total. The average molecular weight is 356 g/mol. The third kappa shape index (κ3) is 4.77. The lowest BCUT2D eigenvalue weighted by molar-refractivity contribution is -0.118. The van der Waals surface area contributed by atoms with E-state index in [0.29, 0.717) is 15.8 Å². The number of ether oxygens (including phenoxy) is 1. The fourth-order valence-electron chi connectivity index (χ4n) is 1.77. The second-order valence-electron chi connectivity index (χ2n) is 4.48. The third-order valence-corrected chi connectivity index (χ3v) is 3.15. The van der Waals surface area contributed by atoms with Crippen LogP contribution in [0.2, 0.25) is 10.0 Å². The Balaban J connectivity index is 2.04. The van der Waals surface area contributed by atoms with E-state index in [1.165, 1.54) is 30.3 Å². The van der Waals surface area contributed by atoms with Gasteiger partial charge in [-0.05, 0) is 36.4 Å². The van der Waals surface area contributed by atoms with E-state index in [1.807, 2.05) is 0 Å². The van der Waals surface area contributed by atoms with Crippen LogP contribution in [0.3, 0.4) is 0 Å². The van der Waals surface area contributed by atoms with E-state index >= 15 is 0 Å². The number of carboxylic acid groups (broad SMARTS) is 1. The number of hydrogen-bond acceptors (Lipinski definition) is 4. The van der Waals surface area contributed by atoms with Crippen LogP contribution in [0.1, 0.15) is 10.4 Å². The molecule has 1 amide bonds. The Morgan fingerprint density at radius 3 is 2.35 bits per heavy atom. The molecule has 0 radical (unpaired) electrons. The van der Waals surface area contributed by atoms with Crippen molar-refractivity contribution in [1.82, 2.24) is 0 Å². The van der Waals surface area contributed by atoms with Crippen LogP contribution < -0.4 is 10.1 Å². The van der Waals surface area contributed by atoms with Gasteiger partial charge in [0.15, 0.2) is 6.61 Å². The third-order valence-electron chi connectivity index (χ3n) is 2.71. The van der Waals surface area contributed by atoms with E-state index in [-0.39, 0.29) is 23.6 Å². The van der Waals surface area contributed by atoms with Crippen molar-refractivity contribution in [2.45, 2.75) is 0 Å². The van der Waals surface area contributed by atoms with Crippen molar-refractivity contribution in [3.05, 3.63) is 52.0 Å². The maximum Gasteiger partial charge on any atom is 0.337 e. The summed E-state index contributed by atoms with van der Waals surface area (Å²) >= 11 is 11.6. The molecule has 0 fully saturated rings. The van der Waals surface area contributed by atoms with Crippen molar-refractivity contribution in [2.24, 2.45) is 0 Å². The second kappa shape index (κ2) is 7.21. The minimum atomic E-state index is -1.28. The number of carbonyl (C=O) groups excluding carboxylic acids is 1. The normalized spacial score (nSPS) is 10.2. The summed E-state index contributed by atoms with van der Waals surface area (Å²) in [7, 11) is 0. The molecule has 0 aliphatic heterocycles. The molecule has 2 aromatic carbocycles. The number of hydrogen-bond donors (Lipinski definition) is 3. The molecular formula is C15H11Cl2NO5. The van der Waals surface area contributed by atoms with E-state index < -0.39 is 11.9 Å². The van der Waals surface area contributed by atoms with E-state index in [2.05, 4.69) is 5.32 Å². The summed E-state index contributed by atoms with van der Waals surface area (Å²) in [5.74, 6) is -1.76. The standard InChI is InChI=1S/C15H11Cl2NO5/c16-8-3-9(17)5-11(4-8)23-7-14(20)18-13-2-1-10(19)6-12(13)15(21)22/h1-6,19H,7H2,(H,18,20)(H,21,22). The van der Waals surface area contributed by atoms with Gasteiger partial charge >= 0.3 is 5.97 Å². The molecule has 0 unspecified atom stereocenters. The lowest BCUT2D eigenvalue weighted by atomic mass is 10.1. The molecule has 0 bridgehead atoms. The first-order valence-corrected chi connectivity index (χ1v) is 7.06. The number of phenols is 1. The summed E-state index contributed by atoms with van der Waals surface area (Å²) in [5, 5.41) is 21.5. The van der Waals surface area contributed by atoms with E-state index in [4.69, 9.17) is 33.0 Å². The van der Waals surface area contributed by atoms with Crippen LogP contribution in [0, 0.1) is 0 Å². The Hall–Kier alpha value is -2.44. The molecule has 0 atom stereocenters. The number of carboxylic acids is 1. The van der Waals surface area contributed by atoms with Gasteiger partial charge in [0, 0.05) is 10.0 Å². The molecule has 23 heavy (non-hydrogen) atoms. The summed E-state index contributed by atoms with van der Waals surface area (Å²) < 4.78 is 5.25. The first kappa shape index (κ1) is 16.9. The summed E-state index contributed by atoms with van der Waals surface area (Å²) in [6.45, 7) is -0.364. The average Bonchev–Trinajstić information content (AvgIpc) is 2.46. The van der Waals surface area contributed by atoms with Gasteiger partial charge in [0.05, 0.1) is 11.3 Å². The molecule has 0 aromatic heterocycles. The summed E-state index contributed by atoms with van der Waals surface area (Å²) in [5.41, 5.74) is -0.183. The Morgan fingerprint density at radius 1 is 1.09 bits per heavy atom. The lowest BCUT2D eigenvalue weighted by Gasteiger charge is -2.10. The highest BCUT2D eigenvalue weighted by atomic mass is 35.5. The topological polar surface area (TPSA) is 95.9 Å². The fourth-order valence-corrected chi connectivity index (χ4v) is 2.27. The number of halogens is 2. The van der Waals surface area contributed by atoms with Gasteiger partial charge in [-0.1, -0.05) is 23.2 Å². The van der Waals surface area contributed by atoms with Crippen molar-refractivity contribution in [3.8, 4) is 11.5 Å². The fraction of sp³-hybridized carbons (Fsp3) is 0.0667. The van der Waals surface area contributed by atoms with Crippen molar-refractivity contribution < 1.29 is 24.5 Å². The first-order valence-electron chi connectivity index (χ1n) is 6.30. The predicted octanol–water partition coefficient (Wildman–Crippen LogP) is 3.41. The van der Waals surface area contributed by atoms with E-state index in [1.54, 1.807) is 0 Å². The molecule has 2 aromatic rings. The smallest absolute Gasteiger partial charge is 0.337 e. The van der Waals surface area contributed by atoms with Crippen molar-refractivity contribution in [2.75, 3.05) is 11.9 Å². The monoisotopic (exact) mass is 355 g/mol. The van der Waals surface area contributed by atoms with Gasteiger partial charge in [0.2, 0.25) is 0 Å². The van der Waals surface area contributed by atoms with Crippen LogP contribution in [0.5, 0.6) is 11.5 Å². The van der Waals surface area contributed by atoms with Crippen LogP contribution >= 0.6 is 23.2 Å². The highest BCUT2D eigenvalue weighted by Crippen LogP contribution is 2.24. The highest BCUT2D eigenvalue weighted by molar-refractivity contribution is 6.34. The number of phenolic OH excluding ortho intramolecular Hbond substituents is 1. The zero-order chi connectivity index (χ0) is 17.0. The number of nitrogens with one attached hydrogen (secondary N) is 1.